The van der Waals surface area contributed by atoms with E-state index in [-0.39, 0.29) is 5.97 Å². The lowest BCUT2D eigenvalue weighted by atomic mass is 10.0. The standard InChI is InChI=1S/C15H11NO2/c1-10(17)18-15-9-14-12(7-4-8-16-14)11-5-2-3-6-13(11)15/h2-9H,1H3. The number of nitrogens with zero attached hydrogens (tertiary/aromatic N) is 1. The van der Waals surface area contributed by atoms with Crippen LogP contribution < -0.4 is 4.74 Å². The van der Waals surface area contributed by atoms with Crippen LogP contribution in [-0.4, -0.2) is 11.0 Å². The lowest BCUT2D eigenvalue weighted by Gasteiger charge is -2.08. The van der Waals surface area contributed by atoms with Gasteiger partial charge in [-0.05, 0) is 11.5 Å². The van der Waals surface area contributed by atoms with Gasteiger partial charge in [0, 0.05) is 30.0 Å². The van der Waals surface area contributed by atoms with E-state index in [2.05, 4.69) is 4.98 Å². The molecule has 3 aromatic rings. The molecule has 0 aliphatic heterocycles. The zero-order valence-corrected chi connectivity index (χ0v) is 9.88. The summed E-state index contributed by atoms with van der Waals surface area (Å²) < 4.78 is 5.26. The molecule has 3 rings (SSSR count). The first-order valence-corrected chi connectivity index (χ1v) is 5.70. The van der Waals surface area contributed by atoms with E-state index < -0.39 is 0 Å². The Morgan fingerprint density at radius 1 is 1.06 bits per heavy atom. The van der Waals surface area contributed by atoms with E-state index in [4.69, 9.17) is 4.74 Å². The van der Waals surface area contributed by atoms with Crippen LogP contribution in [0.4, 0.5) is 0 Å². The summed E-state index contributed by atoms with van der Waals surface area (Å²) in [5.74, 6) is 0.236. The Kier molecular flexibility index (Phi) is 2.45. The van der Waals surface area contributed by atoms with Gasteiger partial charge in [-0.15, -0.1) is 0 Å². The van der Waals surface area contributed by atoms with Gasteiger partial charge in [0.25, 0.3) is 0 Å². The van der Waals surface area contributed by atoms with Crippen LogP contribution in [0.25, 0.3) is 21.7 Å². The molecular formula is C15H11NO2. The second-order valence-electron chi connectivity index (χ2n) is 4.08. The Morgan fingerprint density at radius 2 is 1.78 bits per heavy atom. The number of esters is 1. The molecule has 0 atom stereocenters. The highest BCUT2D eigenvalue weighted by Crippen LogP contribution is 2.32. The molecule has 0 amide bonds. The largest absolute Gasteiger partial charge is 0.426 e. The maximum Gasteiger partial charge on any atom is 0.308 e. The Bertz CT molecular complexity index is 750. The number of ether oxygens (including phenoxy) is 1. The van der Waals surface area contributed by atoms with Crippen molar-refractivity contribution < 1.29 is 9.53 Å². The fraction of sp³-hybridized carbons (Fsp3) is 0.0667. The topological polar surface area (TPSA) is 39.2 Å². The van der Waals surface area contributed by atoms with Gasteiger partial charge >= 0.3 is 5.97 Å². The van der Waals surface area contributed by atoms with Crippen molar-refractivity contribution in [3.63, 3.8) is 0 Å². The minimum absolute atomic E-state index is 0.324. The van der Waals surface area contributed by atoms with Gasteiger partial charge in [0.15, 0.2) is 0 Å². The molecule has 3 nitrogen and oxygen atoms in total. The first-order valence-electron chi connectivity index (χ1n) is 5.70. The number of hydrogen-bond donors (Lipinski definition) is 0. The summed E-state index contributed by atoms with van der Waals surface area (Å²) in [6, 6.07) is 13.6. The van der Waals surface area contributed by atoms with Gasteiger partial charge < -0.3 is 4.74 Å². The molecule has 0 spiro atoms. The summed E-state index contributed by atoms with van der Waals surface area (Å²) in [6.45, 7) is 1.40. The Labute approximate surface area is 104 Å². The van der Waals surface area contributed by atoms with Crippen LogP contribution in [0.5, 0.6) is 5.75 Å². The highest BCUT2D eigenvalue weighted by molar-refractivity contribution is 6.09. The van der Waals surface area contributed by atoms with Crippen LogP contribution in [-0.2, 0) is 4.79 Å². The van der Waals surface area contributed by atoms with Crippen molar-refractivity contribution >= 4 is 27.6 Å². The molecule has 2 aromatic carbocycles. The SMILES string of the molecule is CC(=O)Oc1cc2ncccc2c2ccccc12. The minimum Gasteiger partial charge on any atom is -0.426 e. The van der Waals surface area contributed by atoms with E-state index in [0.717, 1.165) is 21.7 Å². The predicted molar refractivity (Wildman–Crippen MR) is 70.6 cm³/mol. The van der Waals surface area contributed by atoms with Crippen molar-refractivity contribution in [3.8, 4) is 5.75 Å². The summed E-state index contributed by atoms with van der Waals surface area (Å²) in [7, 11) is 0. The summed E-state index contributed by atoms with van der Waals surface area (Å²) in [5, 5.41) is 3.02. The number of pyridine rings is 1. The molecule has 1 aromatic heterocycles. The van der Waals surface area contributed by atoms with Gasteiger partial charge in [0.1, 0.15) is 5.75 Å². The van der Waals surface area contributed by atoms with E-state index in [9.17, 15) is 4.79 Å². The molecule has 0 radical (unpaired) electrons. The van der Waals surface area contributed by atoms with E-state index in [1.807, 2.05) is 36.4 Å². The molecule has 0 unspecified atom stereocenters. The van der Waals surface area contributed by atoms with Crippen molar-refractivity contribution in [2.24, 2.45) is 0 Å². The van der Waals surface area contributed by atoms with E-state index in [1.54, 1.807) is 12.3 Å². The first kappa shape index (κ1) is 10.7. The van der Waals surface area contributed by atoms with Gasteiger partial charge in [-0.2, -0.15) is 0 Å². The summed E-state index contributed by atoms with van der Waals surface area (Å²) in [4.78, 5) is 15.5. The van der Waals surface area contributed by atoms with Crippen LogP contribution >= 0.6 is 0 Å². The molecule has 0 N–H and O–H groups in total. The number of rotatable bonds is 1. The molecular weight excluding hydrogens is 226 g/mol. The summed E-state index contributed by atoms with van der Waals surface area (Å²) in [6.07, 6.45) is 1.73. The normalized spacial score (nSPS) is 10.7. The average Bonchev–Trinajstić information content (AvgIpc) is 2.38. The highest BCUT2D eigenvalue weighted by atomic mass is 16.5. The molecule has 0 saturated heterocycles. The Morgan fingerprint density at radius 3 is 2.56 bits per heavy atom. The van der Waals surface area contributed by atoms with Crippen molar-refractivity contribution in [2.75, 3.05) is 0 Å². The van der Waals surface area contributed by atoms with Gasteiger partial charge in [0.05, 0.1) is 5.52 Å². The fourth-order valence-electron chi connectivity index (χ4n) is 2.13. The third kappa shape index (κ3) is 1.70. The zero-order valence-electron chi connectivity index (χ0n) is 9.88. The first-order chi connectivity index (χ1) is 8.75. The average molecular weight is 237 g/mol. The minimum atomic E-state index is -0.324. The van der Waals surface area contributed by atoms with Crippen LogP contribution in [0.2, 0.25) is 0 Å². The molecule has 0 bridgehead atoms. The number of carbonyl (C=O) groups excluding carboxylic acids is 1. The monoisotopic (exact) mass is 237 g/mol. The second kappa shape index (κ2) is 4.11. The smallest absolute Gasteiger partial charge is 0.308 e. The van der Waals surface area contributed by atoms with Gasteiger partial charge in [-0.25, -0.2) is 0 Å². The van der Waals surface area contributed by atoms with Crippen LogP contribution in [0.1, 0.15) is 6.92 Å². The molecule has 0 aliphatic carbocycles. The van der Waals surface area contributed by atoms with Crippen molar-refractivity contribution in [3.05, 3.63) is 48.7 Å². The quantitative estimate of drug-likeness (QED) is 0.370. The zero-order chi connectivity index (χ0) is 12.5. The molecule has 0 fully saturated rings. The molecule has 88 valence electrons. The molecule has 1 heterocycles. The number of aromatic nitrogens is 1. The summed E-state index contributed by atoms with van der Waals surface area (Å²) in [5.41, 5.74) is 0.826. The molecule has 18 heavy (non-hydrogen) atoms. The van der Waals surface area contributed by atoms with Gasteiger partial charge in [0.2, 0.25) is 0 Å². The third-order valence-electron chi connectivity index (χ3n) is 2.84. The number of hydrogen-bond acceptors (Lipinski definition) is 3. The number of carbonyl (C=O) groups is 1. The lowest BCUT2D eigenvalue weighted by molar-refractivity contribution is -0.131. The fourth-order valence-corrected chi connectivity index (χ4v) is 2.13. The third-order valence-corrected chi connectivity index (χ3v) is 2.84. The van der Waals surface area contributed by atoms with Crippen LogP contribution in [0.15, 0.2) is 48.7 Å². The number of fused-ring (bicyclic) bond motifs is 3. The Hall–Kier alpha value is -2.42. The van der Waals surface area contributed by atoms with Crippen molar-refractivity contribution in [1.29, 1.82) is 0 Å². The molecule has 0 aliphatic rings. The maximum absolute atomic E-state index is 11.2. The van der Waals surface area contributed by atoms with Crippen LogP contribution in [0, 0.1) is 0 Å². The predicted octanol–water partition coefficient (Wildman–Crippen LogP) is 3.31. The van der Waals surface area contributed by atoms with Crippen LogP contribution in [0.3, 0.4) is 0 Å². The van der Waals surface area contributed by atoms with Crippen molar-refractivity contribution in [1.82, 2.24) is 4.98 Å². The molecule has 0 saturated carbocycles. The maximum atomic E-state index is 11.2. The van der Waals surface area contributed by atoms with E-state index in [0.29, 0.717) is 5.75 Å². The van der Waals surface area contributed by atoms with Gasteiger partial charge in [-0.1, -0.05) is 30.3 Å². The van der Waals surface area contributed by atoms with E-state index in [1.165, 1.54) is 6.92 Å². The Balaban J connectivity index is 2.42. The molecule has 3 heteroatoms. The summed E-state index contributed by atoms with van der Waals surface area (Å²) >= 11 is 0. The number of benzene rings is 2. The van der Waals surface area contributed by atoms with Crippen molar-refractivity contribution in [2.45, 2.75) is 6.92 Å². The van der Waals surface area contributed by atoms with E-state index >= 15 is 0 Å². The second-order valence-corrected chi connectivity index (χ2v) is 4.08. The highest BCUT2D eigenvalue weighted by Gasteiger charge is 2.09. The van der Waals surface area contributed by atoms with Gasteiger partial charge in [-0.3, -0.25) is 9.78 Å². The lowest BCUT2D eigenvalue weighted by Crippen LogP contribution is -2.02.